The number of aromatic amines is 2. The van der Waals surface area contributed by atoms with Crippen LogP contribution in [0.5, 0.6) is 5.75 Å². The summed E-state index contributed by atoms with van der Waals surface area (Å²) in [6, 6.07) is 16.0. The molecule has 4 aromatic carbocycles. The van der Waals surface area contributed by atoms with E-state index in [2.05, 4.69) is 68.6 Å². The molecule has 37 heteroatoms. The lowest BCUT2D eigenvalue weighted by molar-refractivity contribution is -0.129. The number of nitrogens with zero attached hydrogens (tertiary/aromatic N) is 17. The number of nitrogens with two attached hydrogens (primary N) is 1. The van der Waals surface area contributed by atoms with Gasteiger partial charge in [0.05, 0.1) is 145 Å². The molecular weight excluding hydrogens is 1890 g/mol. The van der Waals surface area contributed by atoms with Gasteiger partial charge in [-0.25, -0.2) is 42.7 Å². The van der Waals surface area contributed by atoms with Gasteiger partial charge in [-0.2, -0.15) is 0 Å². The van der Waals surface area contributed by atoms with Crippen molar-refractivity contribution in [3.63, 3.8) is 0 Å². The summed E-state index contributed by atoms with van der Waals surface area (Å²) in [6.45, 7) is 43.5. The zero-order chi connectivity index (χ0) is 101. The minimum Gasteiger partial charge on any atom is -0.484 e. The van der Waals surface area contributed by atoms with Gasteiger partial charge in [-0.3, -0.25) is 61.6 Å². The van der Waals surface area contributed by atoms with E-state index in [4.69, 9.17) is 76.8 Å². The highest BCUT2D eigenvalue weighted by molar-refractivity contribution is 6.37. The fourth-order valence-corrected chi connectivity index (χ4v) is 22.3. The number of imidazole rings is 2. The Kier molecular flexibility index (Phi) is 25.5. The highest BCUT2D eigenvalue weighted by Crippen LogP contribution is 2.51. The number of fused-ring (bicyclic) bond motifs is 17. The summed E-state index contributed by atoms with van der Waals surface area (Å²) in [5.41, 5.74) is 18.1. The largest absolute Gasteiger partial charge is 0.484 e. The van der Waals surface area contributed by atoms with E-state index in [-0.39, 0.29) is 147 Å². The molecule has 0 aliphatic carbocycles. The summed E-state index contributed by atoms with van der Waals surface area (Å²) >= 11 is 26.6. The second-order valence-corrected chi connectivity index (χ2v) is 40.1. The van der Waals surface area contributed by atoms with Crippen LogP contribution < -0.4 is 58.5 Å². The van der Waals surface area contributed by atoms with Crippen molar-refractivity contribution in [3.8, 4) is 56.5 Å². The van der Waals surface area contributed by atoms with Crippen molar-refractivity contribution < 1.29 is 32.3 Å². The molecule has 0 bridgehead atoms. The molecule has 6 unspecified atom stereocenters. The second-order valence-electron chi connectivity index (χ2n) is 38.5. The number of amides is 3. The van der Waals surface area contributed by atoms with Crippen LogP contribution >= 0.6 is 46.4 Å². The molecule has 6 aliphatic rings. The molecule has 6 atom stereocenters. The monoisotopic (exact) mass is 1990 g/mol. The Balaban J connectivity index is 0.000000140. The van der Waals surface area contributed by atoms with Crippen molar-refractivity contribution in [2.45, 2.75) is 170 Å². The molecular formula is C104H106Cl4F3N21O9. The van der Waals surface area contributed by atoms with E-state index in [0.717, 1.165) is 45.8 Å². The Bertz CT molecular complexity index is 7710. The second kappa shape index (κ2) is 37.0. The number of rotatable bonds is 13. The van der Waals surface area contributed by atoms with Crippen LogP contribution in [0.1, 0.15) is 150 Å². The Morgan fingerprint density at radius 1 is 0.475 bits per heavy atom. The van der Waals surface area contributed by atoms with Crippen molar-refractivity contribution in [3.05, 3.63) is 258 Å². The average Bonchev–Trinajstić information content (AvgIpc) is 1.34. The Labute approximate surface area is 828 Å². The lowest BCUT2D eigenvalue weighted by Crippen LogP contribution is -2.62. The van der Waals surface area contributed by atoms with Crippen LogP contribution in [0.3, 0.4) is 0 Å². The van der Waals surface area contributed by atoms with Crippen LogP contribution in [-0.2, 0) is 34.9 Å². The number of benzene rings is 4. The SMILES string of the molecule is C=CC(=O)N1CC2CNc3c(c4cc(Cl)c(-c5c(C)ccc6[nH]c(=O)n(C)c56)nc4n(-c4c(C)ccnc4C(C)C)c3=O)N2CC1C.C=CC(=O)N1CC2COc3c(c4cc(Cl)c(-c5c(C)ccc6[nH]c(=O)n(C)c56)nc4n(-c4c(C)ccnc4C(C)C)c3=O)N2CC1C.C=CC(=O)N1CC2Cc3c(c4cc(F)c(-c5c(N)c(Cl)cc(Cl)c5F)c(F)c4n(-c4c(C(C)C)ncnc4C(C)C)c3=O)N2CC1C. The molecule has 3 saturated heterocycles. The van der Waals surface area contributed by atoms with Gasteiger partial charge in [0.2, 0.25) is 23.5 Å². The molecule has 0 spiro atoms. The maximum Gasteiger partial charge on any atom is 0.326 e. The Hall–Kier alpha value is -13.9. The highest BCUT2D eigenvalue weighted by atomic mass is 35.5. The Morgan fingerprint density at radius 3 is 1.40 bits per heavy atom. The fraction of sp³-hybridized carbons (Fsp3) is 0.346. The molecule has 14 aromatic rings. The predicted molar refractivity (Wildman–Crippen MR) is 551 cm³/mol. The predicted octanol–water partition coefficient (Wildman–Crippen LogP) is 17.2. The zero-order valence-electron chi connectivity index (χ0n) is 81.0. The van der Waals surface area contributed by atoms with Gasteiger partial charge < -0.3 is 55.2 Å². The number of pyridine rings is 7. The van der Waals surface area contributed by atoms with Gasteiger partial charge in [0.25, 0.3) is 11.1 Å². The summed E-state index contributed by atoms with van der Waals surface area (Å²) in [6.07, 6.45) is 9.05. The van der Waals surface area contributed by atoms with Gasteiger partial charge in [-0.15, -0.1) is 0 Å². The smallest absolute Gasteiger partial charge is 0.326 e. The number of anilines is 5. The van der Waals surface area contributed by atoms with Crippen LogP contribution in [0.2, 0.25) is 20.1 Å². The third-order valence-electron chi connectivity index (χ3n) is 28.2. The Morgan fingerprint density at radius 2 is 0.922 bits per heavy atom. The number of ether oxygens (including phenoxy) is 1. The van der Waals surface area contributed by atoms with Gasteiger partial charge in [-0.1, -0.05) is 134 Å². The van der Waals surface area contributed by atoms with E-state index < -0.39 is 44.8 Å². The zero-order valence-corrected chi connectivity index (χ0v) is 84.0. The molecule has 730 valence electrons. The van der Waals surface area contributed by atoms with Gasteiger partial charge in [0.1, 0.15) is 30.1 Å². The van der Waals surface area contributed by atoms with Gasteiger partial charge in [0.15, 0.2) is 17.3 Å². The molecule has 30 nitrogen and oxygen atoms in total. The van der Waals surface area contributed by atoms with Crippen molar-refractivity contribution in [2.75, 3.05) is 78.2 Å². The third kappa shape index (κ3) is 15.8. The van der Waals surface area contributed by atoms with Crippen LogP contribution in [0.25, 0.3) is 106 Å². The molecule has 0 radical (unpaired) electrons. The van der Waals surface area contributed by atoms with Gasteiger partial charge in [-0.05, 0) is 161 Å². The number of hydrogen-bond acceptors (Lipinski definition) is 20. The minimum atomic E-state index is -1.23. The fourth-order valence-electron chi connectivity index (χ4n) is 21.3. The van der Waals surface area contributed by atoms with Crippen molar-refractivity contribution >= 4 is 148 Å². The van der Waals surface area contributed by atoms with E-state index in [9.17, 15) is 38.4 Å². The first-order valence-electron chi connectivity index (χ1n) is 46.8. The standard InChI is InChI=1S/C35H37ClN8O3.C35H36ClN7O4.C34H33Cl2F3N6O2/c1-8-25(45)42-16-21-14-38-29-31(43(21)15-20(42)6)22-13-23(36)28(26-18(4)9-10-24-32(26)41(7)35(47)39-24)40-33(22)44(34(29)46)30-19(5)11-12-37-27(30)17(2)3;1-8-25(44)41-15-21-16-47-32-30(42(21)14-20(41)6)22-13-23(36)28(26-18(4)9-10-24-31(26)40(7)35(46)38-24)39-33(22)43(34(32)45)29-19(5)11-12-37-27(29)17(2)3;1-7-23(46)43-12-17-8-19-31(44(17)11-16(43)6)18-9-22(37)24(25-26(38)20(35)10-21(36)28(25)40)27(39)32(18)45(34(19)47)33-29(14(2)3)41-13-42-30(33)15(4)5/h8-13,17,20-21,38H,1,14-16H2,2-7H3,(H,39,47);8-13,17,20-21H,1,14-16H2,2-7H3,(H,38,46);7,9-10,13-17H,1,8,11-12,40H2,2-6H3. The van der Waals surface area contributed by atoms with Crippen LogP contribution in [0, 0.1) is 45.1 Å². The van der Waals surface area contributed by atoms with Gasteiger partial charge >= 0.3 is 16.9 Å². The van der Waals surface area contributed by atoms with E-state index in [0.29, 0.717) is 167 Å². The number of hydrogen-bond donors (Lipinski definition) is 4. The van der Waals surface area contributed by atoms with Gasteiger partial charge in [0, 0.05) is 135 Å². The van der Waals surface area contributed by atoms with E-state index in [1.165, 1.54) is 29.1 Å². The summed E-state index contributed by atoms with van der Waals surface area (Å²) in [5, 5.41) is 4.94. The topological polar surface area (TPSA) is 337 Å². The normalized spacial score (nSPS) is 17.6. The molecule has 0 saturated carbocycles. The molecule has 141 heavy (non-hydrogen) atoms. The summed E-state index contributed by atoms with van der Waals surface area (Å²) in [4.78, 5) is 154. The molecule has 20 rings (SSSR count). The number of halogens is 7. The highest BCUT2D eigenvalue weighted by Gasteiger charge is 2.47. The first kappa shape index (κ1) is 97.3. The van der Waals surface area contributed by atoms with Crippen molar-refractivity contribution in [2.24, 2.45) is 14.1 Å². The lowest BCUT2D eigenvalue weighted by Gasteiger charge is -2.49. The number of nitrogens with one attached hydrogen (secondary N) is 3. The maximum atomic E-state index is 17.4. The van der Waals surface area contributed by atoms with E-state index >= 15 is 13.2 Å². The average molecular weight is 1990 g/mol. The number of aryl methyl sites for hydroxylation is 6. The van der Waals surface area contributed by atoms with Crippen LogP contribution in [0.4, 0.5) is 41.6 Å². The number of piperazine rings is 3. The molecule has 3 amide bonds. The van der Waals surface area contributed by atoms with E-state index in [1.54, 1.807) is 54.6 Å². The summed E-state index contributed by atoms with van der Waals surface area (Å²) < 4.78 is 63.3. The van der Waals surface area contributed by atoms with Crippen LogP contribution in [0.15, 0.2) is 141 Å². The number of carbonyl (C=O) groups excluding carboxylic acids is 3. The number of carbonyl (C=O) groups is 3. The van der Waals surface area contributed by atoms with Crippen molar-refractivity contribution in [1.29, 1.82) is 0 Å². The molecule has 16 heterocycles. The number of aromatic nitrogens is 13. The van der Waals surface area contributed by atoms with Crippen molar-refractivity contribution in [1.82, 2.24) is 77.4 Å². The number of nitrogen functional groups attached to an aromatic ring is 1. The molecule has 6 aliphatic heterocycles. The quantitative estimate of drug-likeness (QED) is 0.0473. The minimum absolute atomic E-state index is 0.00153. The lowest BCUT2D eigenvalue weighted by atomic mass is 9.96. The van der Waals surface area contributed by atoms with Crippen LogP contribution in [-0.4, -0.2) is 184 Å². The molecule has 10 aromatic heterocycles. The molecule has 3 fully saturated rings. The maximum absolute atomic E-state index is 17.4. The third-order valence-corrected chi connectivity index (χ3v) is 29.3. The molecule has 5 N–H and O–H groups in total. The first-order chi connectivity index (χ1) is 67.0. The van der Waals surface area contributed by atoms with E-state index in [1.807, 2.05) is 148 Å². The summed E-state index contributed by atoms with van der Waals surface area (Å²) in [5.74, 6) is -4.25. The number of H-pyrrole nitrogens is 2. The first-order valence-corrected chi connectivity index (χ1v) is 48.3. The summed E-state index contributed by atoms with van der Waals surface area (Å²) in [7, 11) is 3.41.